The molecule has 154 valence electrons. The number of hydrogen-bond acceptors (Lipinski definition) is 4. The fourth-order valence-corrected chi connectivity index (χ4v) is 3.63. The van der Waals surface area contributed by atoms with Crippen LogP contribution in [0, 0.1) is 0 Å². The highest BCUT2D eigenvalue weighted by atomic mass is 35.5. The van der Waals surface area contributed by atoms with Gasteiger partial charge in [0, 0.05) is 47.9 Å². The molecule has 3 amide bonds. The maximum Gasteiger partial charge on any atom is 0.321 e. The minimum atomic E-state index is -0.161. The Balaban J connectivity index is 1.32. The summed E-state index contributed by atoms with van der Waals surface area (Å²) < 4.78 is 5.71. The van der Waals surface area contributed by atoms with Gasteiger partial charge in [-0.3, -0.25) is 9.69 Å². The summed E-state index contributed by atoms with van der Waals surface area (Å²) in [6.45, 7) is 1.26. The Morgan fingerprint density at radius 3 is 2.70 bits per heavy atom. The van der Waals surface area contributed by atoms with Gasteiger partial charge in [-0.25, -0.2) is 9.78 Å². The van der Waals surface area contributed by atoms with Crippen molar-refractivity contribution in [3.05, 3.63) is 64.6 Å². The van der Waals surface area contributed by atoms with Gasteiger partial charge in [-0.2, -0.15) is 0 Å². The smallest absolute Gasteiger partial charge is 0.321 e. The molecule has 1 aliphatic heterocycles. The van der Waals surface area contributed by atoms with Crippen molar-refractivity contribution in [2.45, 2.75) is 12.8 Å². The lowest BCUT2D eigenvalue weighted by molar-refractivity contribution is -0.116. The topological polar surface area (TPSA) is 87.5 Å². The van der Waals surface area contributed by atoms with E-state index in [1.807, 2.05) is 0 Å². The van der Waals surface area contributed by atoms with Crippen LogP contribution in [0.15, 0.2) is 53.1 Å². The fraction of sp³-hybridized carbons (Fsp3) is 0.190. The Hall–Kier alpha value is -3.03. The average Bonchev–Trinajstić information content (AvgIpc) is 3.36. The third-order valence-electron chi connectivity index (χ3n) is 4.64. The number of carbonyl (C=O) groups is 2. The number of aryl methyl sites for hydroxylation is 1. The monoisotopic (exact) mass is 444 g/mol. The molecule has 30 heavy (non-hydrogen) atoms. The molecule has 1 aliphatic rings. The number of nitrogens with one attached hydrogen (secondary N) is 2. The number of benzene rings is 2. The van der Waals surface area contributed by atoms with E-state index in [9.17, 15) is 9.59 Å². The number of urea groups is 1. The van der Waals surface area contributed by atoms with Crippen LogP contribution in [-0.4, -0.2) is 30.0 Å². The first kappa shape index (κ1) is 20.3. The summed E-state index contributed by atoms with van der Waals surface area (Å²) in [6.07, 6.45) is 2.14. The van der Waals surface area contributed by atoms with Crippen molar-refractivity contribution in [1.82, 2.24) is 10.3 Å². The number of aromatic nitrogens is 1. The van der Waals surface area contributed by atoms with Gasteiger partial charge >= 0.3 is 6.03 Å². The molecule has 0 radical (unpaired) electrons. The minimum Gasteiger partial charge on any atom is -0.441 e. The van der Waals surface area contributed by atoms with Gasteiger partial charge in [0.2, 0.25) is 5.91 Å². The minimum absolute atomic E-state index is 0.114. The summed E-state index contributed by atoms with van der Waals surface area (Å²) in [4.78, 5) is 29.8. The summed E-state index contributed by atoms with van der Waals surface area (Å²) in [5.74, 6) is 0.807. The van der Waals surface area contributed by atoms with Crippen LogP contribution in [0.4, 0.5) is 16.2 Å². The van der Waals surface area contributed by atoms with Crippen LogP contribution >= 0.6 is 23.2 Å². The molecule has 0 bridgehead atoms. The zero-order chi connectivity index (χ0) is 21.1. The third-order valence-corrected chi connectivity index (χ3v) is 5.18. The number of rotatable bonds is 6. The second-order valence-corrected chi connectivity index (χ2v) is 7.56. The van der Waals surface area contributed by atoms with Crippen molar-refractivity contribution in [2.75, 3.05) is 23.3 Å². The predicted octanol–water partition coefficient (Wildman–Crippen LogP) is 4.75. The van der Waals surface area contributed by atoms with Crippen LogP contribution in [0.1, 0.15) is 12.3 Å². The van der Waals surface area contributed by atoms with Crippen molar-refractivity contribution in [2.24, 2.45) is 0 Å². The number of anilines is 2. The molecule has 7 nitrogen and oxygen atoms in total. The van der Waals surface area contributed by atoms with Crippen LogP contribution in [0.5, 0.6) is 0 Å². The first-order valence-electron chi connectivity index (χ1n) is 9.35. The summed E-state index contributed by atoms with van der Waals surface area (Å²) in [6, 6.07) is 12.1. The number of oxazole rings is 1. The largest absolute Gasteiger partial charge is 0.441 e. The number of hydrogen-bond donors (Lipinski definition) is 2. The van der Waals surface area contributed by atoms with E-state index in [-0.39, 0.29) is 18.4 Å². The number of amides is 3. The van der Waals surface area contributed by atoms with E-state index in [2.05, 4.69) is 15.6 Å². The highest BCUT2D eigenvalue weighted by Crippen LogP contribution is 2.31. The van der Waals surface area contributed by atoms with Crippen molar-refractivity contribution >= 4 is 46.5 Å². The maximum atomic E-state index is 12.3. The SMILES string of the molecule is O=C(CCc1ncc(-c2ccc(Cl)cc2Cl)o1)Nc1ccc(N2CCNC2=O)cc1. The van der Waals surface area contributed by atoms with Crippen molar-refractivity contribution in [1.29, 1.82) is 0 Å². The molecule has 0 saturated carbocycles. The van der Waals surface area contributed by atoms with Gasteiger partial charge in [-0.15, -0.1) is 0 Å². The summed E-state index contributed by atoms with van der Waals surface area (Å²) in [5.41, 5.74) is 2.14. The lowest BCUT2D eigenvalue weighted by Gasteiger charge is -2.14. The van der Waals surface area contributed by atoms with Gasteiger partial charge in [0.15, 0.2) is 11.7 Å². The molecule has 0 aliphatic carbocycles. The molecular formula is C21H18Cl2N4O3. The predicted molar refractivity (Wildman–Crippen MR) is 116 cm³/mol. The molecule has 0 atom stereocenters. The third kappa shape index (κ3) is 4.58. The summed E-state index contributed by atoms with van der Waals surface area (Å²) in [5, 5.41) is 6.59. The lowest BCUT2D eigenvalue weighted by Crippen LogP contribution is -2.27. The standard InChI is InChI=1S/C21H18Cl2N4O3/c22-13-1-6-16(17(23)11-13)18-12-25-20(30-18)8-7-19(28)26-14-2-4-15(5-3-14)27-10-9-24-21(27)29/h1-6,11-12H,7-10H2,(H,24,29)(H,26,28). The molecule has 1 saturated heterocycles. The van der Waals surface area contributed by atoms with Gasteiger partial charge in [0.05, 0.1) is 11.2 Å². The molecule has 2 N–H and O–H groups in total. The Bertz CT molecular complexity index is 1080. The molecule has 4 rings (SSSR count). The van der Waals surface area contributed by atoms with Crippen LogP contribution in [0.25, 0.3) is 11.3 Å². The Morgan fingerprint density at radius 2 is 2.00 bits per heavy atom. The van der Waals surface area contributed by atoms with Crippen LogP contribution in [-0.2, 0) is 11.2 Å². The molecule has 0 spiro atoms. The summed E-state index contributed by atoms with van der Waals surface area (Å²) >= 11 is 12.1. The normalized spacial score (nSPS) is 13.4. The van der Waals surface area contributed by atoms with Crippen molar-refractivity contribution < 1.29 is 14.0 Å². The highest BCUT2D eigenvalue weighted by molar-refractivity contribution is 6.36. The fourth-order valence-electron chi connectivity index (χ4n) is 3.13. The van der Waals surface area contributed by atoms with Gasteiger partial charge < -0.3 is 15.1 Å². The molecule has 1 aromatic heterocycles. The Morgan fingerprint density at radius 1 is 1.20 bits per heavy atom. The van der Waals surface area contributed by atoms with E-state index in [1.54, 1.807) is 53.6 Å². The van der Waals surface area contributed by atoms with Gasteiger partial charge in [-0.1, -0.05) is 23.2 Å². The second kappa shape index (κ2) is 8.77. The molecule has 3 aromatic rings. The number of halogens is 2. The van der Waals surface area contributed by atoms with Gasteiger partial charge in [0.25, 0.3) is 0 Å². The van der Waals surface area contributed by atoms with E-state index >= 15 is 0 Å². The first-order chi connectivity index (χ1) is 14.5. The maximum absolute atomic E-state index is 12.3. The lowest BCUT2D eigenvalue weighted by atomic mass is 10.2. The number of nitrogens with zero attached hydrogens (tertiary/aromatic N) is 2. The molecule has 9 heteroatoms. The molecule has 0 unspecified atom stereocenters. The number of carbonyl (C=O) groups excluding carboxylic acids is 2. The van der Waals surface area contributed by atoms with Gasteiger partial charge in [0.1, 0.15) is 0 Å². The average molecular weight is 445 g/mol. The first-order valence-corrected chi connectivity index (χ1v) is 10.1. The van der Waals surface area contributed by atoms with Crippen molar-refractivity contribution in [3.63, 3.8) is 0 Å². The van der Waals surface area contributed by atoms with Crippen LogP contribution in [0.3, 0.4) is 0 Å². The van der Waals surface area contributed by atoms with Gasteiger partial charge in [-0.05, 0) is 42.5 Å². The summed E-state index contributed by atoms with van der Waals surface area (Å²) in [7, 11) is 0. The quantitative estimate of drug-likeness (QED) is 0.574. The van der Waals surface area contributed by atoms with E-state index in [4.69, 9.17) is 27.6 Å². The molecular weight excluding hydrogens is 427 g/mol. The van der Waals surface area contributed by atoms with E-state index in [0.29, 0.717) is 52.5 Å². The highest BCUT2D eigenvalue weighted by Gasteiger charge is 2.20. The Labute approximate surface area is 183 Å². The molecule has 2 aromatic carbocycles. The van der Waals surface area contributed by atoms with E-state index < -0.39 is 0 Å². The molecule has 2 heterocycles. The van der Waals surface area contributed by atoms with Crippen LogP contribution in [0.2, 0.25) is 10.0 Å². The van der Waals surface area contributed by atoms with Crippen LogP contribution < -0.4 is 15.5 Å². The van der Waals surface area contributed by atoms with E-state index in [1.165, 1.54) is 0 Å². The molecule has 1 fully saturated rings. The second-order valence-electron chi connectivity index (χ2n) is 6.72. The van der Waals surface area contributed by atoms with E-state index in [0.717, 1.165) is 5.69 Å². The zero-order valence-electron chi connectivity index (χ0n) is 15.8. The zero-order valence-corrected chi connectivity index (χ0v) is 17.3. The van der Waals surface area contributed by atoms with Crippen molar-refractivity contribution in [3.8, 4) is 11.3 Å². The Kier molecular flexibility index (Phi) is 5.92.